The van der Waals surface area contributed by atoms with Gasteiger partial charge in [0.25, 0.3) is 5.89 Å². The minimum atomic E-state index is -3.35. The summed E-state index contributed by atoms with van der Waals surface area (Å²) in [7, 11) is -1.34. The second-order valence-corrected chi connectivity index (χ2v) is 7.80. The number of rotatable bonds is 4. The molecule has 1 atom stereocenters. The zero-order chi connectivity index (χ0) is 16.4. The first-order valence-corrected chi connectivity index (χ1v) is 9.25. The predicted octanol–water partition coefficient (Wildman–Crippen LogP) is 1.53. The summed E-state index contributed by atoms with van der Waals surface area (Å²) >= 11 is 0. The van der Waals surface area contributed by atoms with Gasteiger partial charge in [-0.1, -0.05) is 24.2 Å². The standard InChI is InChI=1S/C15H20N4O3S.ClH/c1-3-23(20,21)13-7-5-4-6-11(13)15-17-14(18-22-15)12-10-16-8-9-19(12)2;/h4-7,12,16H,3,8-10H2,1-2H3;1H. The number of benzene rings is 1. The summed E-state index contributed by atoms with van der Waals surface area (Å²) in [4.78, 5) is 6.82. The molecule has 0 bridgehead atoms. The van der Waals surface area contributed by atoms with Gasteiger partial charge < -0.3 is 9.84 Å². The lowest BCUT2D eigenvalue weighted by Crippen LogP contribution is -2.44. The van der Waals surface area contributed by atoms with E-state index in [1.165, 1.54) is 0 Å². The van der Waals surface area contributed by atoms with Crippen LogP contribution in [0, 0.1) is 0 Å². The van der Waals surface area contributed by atoms with Gasteiger partial charge in [-0.25, -0.2) is 8.42 Å². The largest absolute Gasteiger partial charge is 0.334 e. The molecular weight excluding hydrogens is 352 g/mol. The Kier molecular flexibility index (Phi) is 5.97. The van der Waals surface area contributed by atoms with Crippen LogP contribution in [0.25, 0.3) is 11.5 Å². The van der Waals surface area contributed by atoms with Gasteiger partial charge in [0.1, 0.15) is 0 Å². The summed E-state index contributed by atoms with van der Waals surface area (Å²) in [6.45, 7) is 4.18. The van der Waals surface area contributed by atoms with E-state index in [0.29, 0.717) is 11.4 Å². The zero-order valence-corrected chi connectivity index (χ0v) is 15.2. The third-order valence-corrected chi connectivity index (χ3v) is 5.87. The molecule has 9 heteroatoms. The number of nitrogens with zero attached hydrogens (tertiary/aromatic N) is 3. The van der Waals surface area contributed by atoms with E-state index in [0.717, 1.165) is 19.6 Å². The van der Waals surface area contributed by atoms with Gasteiger partial charge in [0.05, 0.1) is 22.3 Å². The summed E-state index contributed by atoms with van der Waals surface area (Å²) in [5.41, 5.74) is 0.458. The maximum absolute atomic E-state index is 12.2. The molecule has 1 saturated heterocycles. The summed E-state index contributed by atoms with van der Waals surface area (Å²) in [5, 5.41) is 7.35. The normalized spacial score (nSPS) is 19.0. The number of aromatic nitrogens is 2. The average molecular weight is 373 g/mol. The lowest BCUT2D eigenvalue weighted by atomic mass is 10.2. The second-order valence-electron chi connectivity index (χ2n) is 5.56. The van der Waals surface area contributed by atoms with E-state index < -0.39 is 9.84 Å². The molecule has 0 aliphatic carbocycles. The van der Waals surface area contributed by atoms with Crippen molar-refractivity contribution >= 4 is 22.2 Å². The molecule has 1 unspecified atom stereocenters. The Bertz CT molecular complexity index is 794. The summed E-state index contributed by atoms with van der Waals surface area (Å²) in [5.74, 6) is 0.838. The lowest BCUT2D eigenvalue weighted by Gasteiger charge is -2.30. The Morgan fingerprint density at radius 3 is 2.83 bits per heavy atom. The minimum Gasteiger partial charge on any atom is -0.334 e. The van der Waals surface area contributed by atoms with Gasteiger partial charge >= 0.3 is 0 Å². The van der Waals surface area contributed by atoms with Crippen molar-refractivity contribution in [3.8, 4) is 11.5 Å². The Hall–Kier alpha value is -1.48. The molecule has 2 heterocycles. The second kappa shape index (κ2) is 7.60. The molecule has 0 amide bonds. The first-order valence-electron chi connectivity index (χ1n) is 7.59. The number of likely N-dealkylation sites (N-methyl/N-ethyl adjacent to an activating group) is 1. The van der Waals surface area contributed by atoms with Gasteiger partial charge in [-0.15, -0.1) is 12.4 Å². The first-order chi connectivity index (χ1) is 11.0. The van der Waals surface area contributed by atoms with Gasteiger partial charge in [-0.2, -0.15) is 4.98 Å². The highest BCUT2D eigenvalue weighted by molar-refractivity contribution is 7.91. The Labute approximate surface area is 147 Å². The predicted molar refractivity (Wildman–Crippen MR) is 92.9 cm³/mol. The van der Waals surface area contributed by atoms with Crippen LogP contribution >= 0.6 is 12.4 Å². The van der Waals surface area contributed by atoms with E-state index in [1.54, 1.807) is 31.2 Å². The molecule has 1 fully saturated rings. The van der Waals surface area contributed by atoms with E-state index in [1.807, 2.05) is 7.05 Å². The fourth-order valence-electron chi connectivity index (χ4n) is 2.64. The molecule has 1 N–H and O–H groups in total. The molecule has 1 aromatic carbocycles. The van der Waals surface area contributed by atoms with Crippen LogP contribution in [0.5, 0.6) is 0 Å². The van der Waals surface area contributed by atoms with E-state index in [4.69, 9.17) is 4.52 Å². The number of nitrogens with one attached hydrogen (secondary N) is 1. The summed E-state index contributed by atoms with van der Waals surface area (Å²) in [6.07, 6.45) is 0. The monoisotopic (exact) mass is 372 g/mol. The SMILES string of the molecule is CCS(=O)(=O)c1ccccc1-c1nc(C2CNCCN2C)no1.Cl. The number of hydrogen-bond donors (Lipinski definition) is 1. The van der Waals surface area contributed by atoms with Crippen LogP contribution < -0.4 is 5.32 Å². The average Bonchev–Trinajstić information content (AvgIpc) is 3.05. The fraction of sp³-hybridized carbons (Fsp3) is 0.467. The summed E-state index contributed by atoms with van der Waals surface area (Å²) in [6, 6.07) is 6.76. The van der Waals surface area contributed by atoms with Crippen molar-refractivity contribution in [2.24, 2.45) is 0 Å². The van der Waals surface area contributed by atoms with Gasteiger partial charge in [-0.05, 0) is 19.2 Å². The molecule has 2 aromatic rings. The van der Waals surface area contributed by atoms with Crippen molar-refractivity contribution in [2.75, 3.05) is 32.4 Å². The molecule has 7 nitrogen and oxygen atoms in total. The van der Waals surface area contributed by atoms with Crippen molar-refractivity contribution in [1.29, 1.82) is 0 Å². The quantitative estimate of drug-likeness (QED) is 0.870. The highest BCUT2D eigenvalue weighted by Crippen LogP contribution is 2.28. The van der Waals surface area contributed by atoms with Crippen LogP contribution in [0.4, 0.5) is 0 Å². The van der Waals surface area contributed by atoms with E-state index in [9.17, 15) is 8.42 Å². The van der Waals surface area contributed by atoms with Crippen LogP contribution in [0.1, 0.15) is 18.8 Å². The number of halogens is 1. The Morgan fingerprint density at radius 1 is 1.38 bits per heavy atom. The number of sulfone groups is 1. The highest BCUT2D eigenvalue weighted by Gasteiger charge is 2.27. The van der Waals surface area contributed by atoms with E-state index >= 15 is 0 Å². The summed E-state index contributed by atoms with van der Waals surface area (Å²) < 4.78 is 29.8. The van der Waals surface area contributed by atoms with Gasteiger partial charge in [0.15, 0.2) is 15.7 Å². The highest BCUT2D eigenvalue weighted by atomic mass is 35.5. The molecular formula is C15H21ClN4O3S. The third kappa shape index (κ3) is 3.61. The Balaban J connectivity index is 0.00000208. The molecule has 24 heavy (non-hydrogen) atoms. The Morgan fingerprint density at radius 2 is 2.12 bits per heavy atom. The zero-order valence-electron chi connectivity index (χ0n) is 13.6. The van der Waals surface area contributed by atoms with Gasteiger partial charge in [0.2, 0.25) is 0 Å². The smallest absolute Gasteiger partial charge is 0.259 e. The van der Waals surface area contributed by atoms with E-state index in [2.05, 4.69) is 20.4 Å². The van der Waals surface area contributed by atoms with Gasteiger partial charge in [-0.3, -0.25) is 4.90 Å². The van der Waals surface area contributed by atoms with Crippen LogP contribution in [-0.2, 0) is 9.84 Å². The molecule has 132 valence electrons. The fourth-order valence-corrected chi connectivity index (χ4v) is 3.73. The molecule has 3 rings (SSSR count). The van der Waals surface area contributed by atoms with Crippen molar-refractivity contribution in [3.05, 3.63) is 30.1 Å². The lowest BCUT2D eigenvalue weighted by molar-refractivity contribution is 0.190. The number of hydrogen-bond acceptors (Lipinski definition) is 7. The van der Waals surface area contributed by atoms with Crippen molar-refractivity contribution < 1.29 is 12.9 Å². The number of piperazine rings is 1. The molecule has 0 spiro atoms. The molecule has 1 aliphatic rings. The topological polar surface area (TPSA) is 88.3 Å². The maximum Gasteiger partial charge on any atom is 0.259 e. The maximum atomic E-state index is 12.2. The van der Waals surface area contributed by atoms with Crippen LogP contribution in [-0.4, -0.2) is 55.9 Å². The van der Waals surface area contributed by atoms with Crippen molar-refractivity contribution in [3.63, 3.8) is 0 Å². The molecule has 1 aromatic heterocycles. The van der Waals surface area contributed by atoms with Crippen LogP contribution in [0.3, 0.4) is 0 Å². The molecule has 0 saturated carbocycles. The molecule has 1 aliphatic heterocycles. The van der Waals surface area contributed by atoms with Crippen LogP contribution in [0.15, 0.2) is 33.7 Å². The van der Waals surface area contributed by atoms with Crippen molar-refractivity contribution in [2.45, 2.75) is 17.9 Å². The van der Waals surface area contributed by atoms with Gasteiger partial charge in [0, 0.05) is 19.6 Å². The molecule has 0 radical (unpaired) electrons. The van der Waals surface area contributed by atoms with Crippen molar-refractivity contribution in [1.82, 2.24) is 20.4 Å². The van der Waals surface area contributed by atoms with E-state index in [-0.39, 0.29) is 35.0 Å². The first kappa shape index (κ1) is 18.9. The third-order valence-electron chi connectivity index (χ3n) is 4.08. The minimum absolute atomic E-state index is 0. The van der Waals surface area contributed by atoms with Crippen LogP contribution in [0.2, 0.25) is 0 Å².